The predicted molar refractivity (Wildman–Crippen MR) is 107 cm³/mol. The van der Waals surface area contributed by atoms with Crippen LogP contribution in [-0.4, -0.2) is 66.0 Å². The number of nitrogens with one attached hydrogen (secondary N) is 2. The summed E-state index contributed by atoms with van der Waals surface area (Å²) in [5.41, 5.74) is 4.81. The lowest BCUT2D eigenvalue weighted by molar-refractivity contribution is -0.135. The highest BCUT2D eigenvalue weighted by Gasteiger charge is 2.18. The van der Waals surface area contributed by atoms with Gasteiger partial charge < -0.3 is 20.1 Å². The fourth-order valence-corrected chi connectivity index (χ4v) is 2.72. The minimum Gasteiger partial charge on any atom is -0.480 e. The second kappa shape index (κ2) is 9.60. The number of amides is 1. The molecule has 1 aliphatic rings. The topological polar surface area (TPSA) is 129 Å². The normalized spacial score (nSPS) is 14.0. The van der Waals surface area contributed by atoms with Crippen molar-refractivity contribution in [2.24, 2.45) is 5.10 Å². The van der Waals surface area contributed by atoms with Crippen LogP contribution in [0.2, 0.25) is 0 Å². The molecule has 1 amide bonds. The Morgan fingerprint density at radius 3 is 2.79 bits per heavy atom. The van der Waals surface area contributed by atoms with Crippen molar-refractivity contribution in [3.05, 3.63) is 47.2 Å². The number of benzene rings is 1. The standard InChI is InChI=1S/C19H22N6O4/c1-13-3-2-4-14(9-13)11-21-24-19-22-15(18(28)20-12-17(26)27)10-16(23-19)25-5-7-29-8-6-25/h2-4,9-11H,5-8,12H2,1H3,(H,20,28)(H,26,27)(H,22,23,24)/b21-11+. The molecule has 1 fully saturated rings. The van der Waals surface area contributed by atoms with Crippen LogP contribution < -0.4 is 15.6 Å². The van der Waals surface area contributed by atoms with E-state index in [0.717, 1.165) is 11.1 Å². The molecule has 1 aromatic carbocycles. The van der Waals surface area contributed by atoms with E-state index in [1.165, 1.54) is 6.07 Å². The van der Waals surface area contributed by atoms with Crippen molar-refractivity contribution in [2.45, 2.75) is 6.92 Å². The Hall–Kier alpha value is -3.53. The number of carbonyl (C=O) groups excluding carboxylic acids is 1. The van der Waals surface area contributed by atoms with Crippen LogP contribution in [0.5, 0.6) is 0 Å². The van der Waals surface area contributed by atoms with Gasteiger partial charge in [-0.25, -0.2) is 10.4 Å². The van der Waals surface area contributed by atoms with Gasteiger partial charge in [-0.1, -0.05) is 29.8 Å². The summed E-state index contributed by atoms with van der Waals surface area (Å²) < 4.78 is 5.35. The second-order valence-electron chi connectivity index (χ2n) is 6.39. The quantitative estimate of drug-likeness (QED) is 0.463. The summed E-state index contributed by atoms with van der Waals surface area (Å²) in [5.74, 6) is -1.06. The zero-order valence-corrected chi connectivity index (χ0v) is 16.0. The first-order valence-electron chi connectivity index (χ1n) is 9.09. The van der Waals surface area contributed by atoms with Crippen molar-refractivity contribution in [1.82, 2.24) is 15.3 Å². The highest BCUT2D eigenvalue weighted by molar-refractivity contribution is 5.95. The van der Waals surface area contributed by atoms with Crippen LogP contribution in [0.1, 0.15) is 21.6 Å². The molecule has 0 aliphatic carbocycles. The monoisotopic (exact) mass is 398 g/mol. The van der Waals surface area contributed by atoms with Crippen LogP contribution in [0, 0.1) is 6.92 Å². The minimum atomic E-state index is -1.14. The first-order chi connectivity index (χ1) is 14.0. The zero-order valence-electron chi connectivity index (χ0n) is 16.0. The number of carbonyl (C=O) groups is 2. The van der Waals surface area contributed by atoms with Crippen molar-refractivity contribution in [3.63, 3.8) is 0 Å². The first kappa shape index (κ1) is 20.2. The molecule has 0 radical (unpaired) electrons. The third kappa shape index (κ3) is 5.98. The number of ether oxygens (including phenoxy) is 1. The van der Waals surface area contributed by atoms with Gasteiger partial charge in [0, 0.05) is 19.2 Å². The van der Waals surface area contributed by atoms with Crippen LogP contribution in [0.4, 0.5) is 11.8 Å². The van der Waals surface area contributed by atoms with Crippen molar-refractivity contribution in [3.8, 4) is 0 Å². The van der Waals surface area contributed by atoms with Gasteiger partial charge in [-0.2, -0.15) is 10.1 Å². The lowest BCUT2D eigenvalue weighted by Gasteiger charge is -2.28. The van der Waals surface area contributed by atoms with E-state index in [1.807, 2.05) is 36.1 Å². The van der Waals surface area contributed by atoms with Gasteiger partial charge in [-0.15, -0.1) is 0 Å². The van der Waals surface area contributed by atoms with Gasteiger partial charge in [-0.05, 0) is 12.5 Å². The molecule has 1 aromatic heterocycles. The van der Waals surface area contributed by atoms with Crippen LogP contribution in [-0.2, 0) is 9.53 Å². The number of hydrogen-bond donors (Lipinski definition) is 3. The summed E-state index contributed by atoms with van der Waals surface area (Å²) in [4.78, 5) is 33.6. The molecule has 2 heterocycles. The molecule has 10 heteroatoms. The Morgan fingerprint density at radius 1 is 1.28 bits per heavy atom. The number of morpholine rings is 1. The number of anilines is 2. The summed E-state index contributed by atoms with van der Waals surface area (Å²) >= 11 is 0. The van der Waals surface area contributed by atoms with Gasteiger partial charge >= 0.3 is 5.97 Å². The average Bonchev–Trinajstić information content (AvgIpc) is 2.72. The smallest absolute Gasteiger partial charge is 0.322 e. The molecule has 152 valence electrons. The molecule has 0 bridgehead atoms. The molecule has 3 N–H and O–H groups in total. The lowest BCUT2D eigenvalue weighted by Crippen LogP contribution is -2.37. The molecule has 0 spiro atoms. The van der Waals surface area contributed by atoms with Crippen molar-refractivity contribution < 1.29 is 19.4 Å². The Kier molecular flexibility index (Phi) is 6.69. The molecule has 10 nitrogen and oxygen atoms in total. The van der Waals surface area contributed by atoms with E-state index >= 15 is 0 Å². The maximum atomic E-state index is 12.3. The second-order valence-corrected chi connectivity index (χ2v) is 6.39. The predicted octanol–water partition coefficient (Wildman–Crippen LogP) is 0.882. The van der Waals surface area contributed by atoms with E-state index in [9.17, 15) is 9.59 Å². The lowest BCUT2D eigenvalue weighted by atomic mass is 10.2. The molecule has 1 saturated heterocycles. The Balaban J connectivity index is 1.81. The molecule has 0 atom stereocenters. The number of aliphatic carboxylic acids is 1. The molecule has 3 rings (SSSR count). The molecular weight excluding hydrogens is 376 g/mol. The summed E-state index contributed by atoms with van der Waals surface area (Å²) in [6, 6.07) is 9.33. The average molecular weight is 398 g/mol. The van der Waals surface area contributed by atoms with E-state index < -0.39 is 18.4 Å². The minimum absolute atomic E-state index is 0.0518. The fourth-order valence-electron chi connectivity index (χ4n) is 2.72. The number of aryl methyl sites for hydroxylation is 1. The first-order valence-corrected chi connectivity index (χ1v) is 9.09. The fraction of sp³-hybridized carbons (Fsp3) is 0.316. The van der Waals surface area contributed by atoms with Crippen LogP contribution in [0.25, 0.3) is 0 Å². The number of rotatable bonds is 7. The Labute approximate surface area is 167 Å². The van der Waals surface area contributed by atoms with Crippen LogP contribution >= 0.6 is 0 Å². The summed E-state index contributed by atoms with van der Waals surface area (Å²) in [6.45, 7) is 3.85. The molecule has 0 saturated carbocycles. The molecular formula is C19H22N6O4. The van der Waals surface area contributed by atoms with Gasteiger partial charge in [0.05, 0.1) is 19.4 Å². The molecule has 1 aliphatic heterocycles. The Bertz CT molecular complexity index is 911. The largest absolute Gasteiger partial charge is 0.480 e. The third-order valence-corrected chi connectivity index (χ3v) is 4.10. The zero-order chi connectivity index (χ0) is 20.6. The summed E-state index contributed by atoms with van der Waals surface area (Å²) in [5, 5.41) is 15.2. The van der Waals surface area contributed by atoms with E-state index in [0.29, 0.717) is 32.1 Å². The Morgan fingerprint density at radius 2 is 2.07 bits per heavy atom. The number of carboxylic acids is 1. The van der Waals surface area contributed by atoms with Crippen molar-refractivity contribution in [1.29, 1.82) is 0 Å². The number of hydrogen-bond acceptors (Lipinski definition) is 8. The highest BCUT2D eigenvalue weighted by Crippen LogP contribution is 2.17. The molecule has 2 aromatic rings. The van der Waals surface area contributed by atoms with E-state index in [2.05, 4.69) is 25.8 Å². The molecule has 0 unspecified atom stereocenters. The van der Waals surface area contributed by atoms with Gasteiger partial charge in [0.15, 0.2) is 0 Å². The highest BCUT2D eigenvalue weighted by atomic mass is 16.5. The van der Waals surface area contributed by atoms with Crippen LogP contribution in [0.3, 0.4) is 0 Å². The summed E-state index contributed by atoms with van der Waals surface area (Å²) in [6.07, 6.45) is 1.63. The number of nitrogens with zero attached hydrogens (tertiary/aromatic N) is 4. The van der Waals surface area contributed by atoms with E-state index in [4.69, 9.17) is 9.84 Å². The summed E-state index contributed by atoms with van der Waals surface area (Å²) in [7, 11) is 0. The van der Waals surface area contributed by atoms with Crippen molar-refractivity contribution >= 4 is 29.9 Å². The van der Waals surface area contributed by atoms with Gasteiger partial charge in [0.2, 0.25) is 5.95 Å². The van der Waals surface area contributed by atoms with Gasteiger partial charge in [0.1, 0.15) is 18.1 Å². The number of hydrazone groups is 1. The van der Waals surface area contributed by atoms with E-state index in [1.54, 1.807) is 6.21 Å². The maximum Gasteiger partial charge on any atom is 0.322 e. The van der Waals surface area contributed by atoms with E-state index in [-0.39, 0.29) is 11.6 Å². The maximum absolute atomic E-state index is 12.3. The number of aromatic nitrogens is 2. The van der Waals surface area contributed by atoms with Crippen LogP contribution in [0.15, 0.2) is 35.4 Å². The van der Waals surface area contributed by atoms with Crippen molar-refractivity contribution in [2.75, 3.05) is 43.2 Å². The third-order valence-electron chi connectivity index (χ3n) is 4.10. The molecule has 29 heavy (non-hydrogen) atoms. The van der Waals surface area contributed by atoms with Gasteiger partial charge in [-0.3, -0.25) is 9.59 Å². The van der Waals surface area contributed by atoms with Gasteiger partial charge in [0.25, 0.3) is 5.91 Å². The SMILES string of the molecule is Cc1cccc(/C=N/Nc2nc(C(=O)NCC(=O)O)cc(N3CCOCC3)n2)c1. The number of carboxylic acid groups (broad SMARTS) is 1.